The lowest BCUT2D eigenvalue weighted by molar-refractivity contribution is 0.465. The number of aromatic hydroxyl groups is 1. The Hall–Kier alpha value is -0.830. The average molecular weight is 155 g/mol. The van der Waals surface area contributed by atoms with Gasteiger partial charge in [0, 0.05) is 12.7 Å². The molecule has 0 fully saturated rings. The van der Waals surface area contributed by atoms with Gasteiger partial charge in [0.05, 0.1) is 0 Å². The Morgan fingerprint density at radius 3 is 2.60 bits per heavy atom. The molecular weight excluding hydrogens is 146 g/mol. The Morgan fingerprint density at radius 2 is 2.10 bits per heavy atom. The second kappa shape index (κ2) is 2.42. The Morgan fingerprint density at radius 1 is 1.50 bits per heavy atom. The van der Waals surface area contributed by atoms with E-state index in [0.29, 0.717) is 4.64 Å². The lowest BCUT2D eigenvalue weighted by atomic mass is 10.3. The fourth-order valence-corrected chi connectivity index (χ4v) is 0.927. The molecule has 1 N–H and O–H groups in total. The lowest BCUT2D eigenvalue weighted by Gasteiger charge is -2.03. The molecule has 0 saturated heterocycles. The summed E-state index contributed by atoms with van der Waals surface area (Å²) in [6.45, 7) is 1.94. The van der Waals surface area contributed by atoms with E-state index >= 15 is 0 Å². The van der Waals surface area contributed by atoms with Crippen LogP contribution in [0.25, 0.3) is 0 Å². The van der Waals surface area contributed by atoms with E-state index in [2.05, 4.69) is 0 Å². The summed E-state index contributed by atoms with van der Waals surface area (Å²) in [5, 5.41) is 9.10. The van der Waals surface area contributed by atoms with Crippen LogP contribution in [-0.4, -0.2) is 9.67 Å². The Balaban J connectivity index is 3.50. The molecule has 3 heteroatoms. The SMILES string of the molecule is Cc1ccc(O)c(=S)n1C. The van der Waals surface area contributed by atoms with Gasteiger partial charge < -0.3 is 9.67 Å². The molecule has 0 spiro atoms. The third-order valence-electron chi connectivity index (χ3n) is 1.54. The summed E-state index contributed by atoms with van der Waals surface area (Å²) >= 11 is 4.89. The summed E-state index contributed by atoms with van der Waals surface area (Å²) in [5.41, 5.74) is 1.04. The summed E-state index contributed by atoms with van der Waals surface area (Å²) in [6, 6.07) is 3.43. The van der Waals surface area contributed by atoms with Crippen LogP contribution < -0.4 is 0 Å². The van der Waals surface area contributed by atoms with Gasteiger partial charge in [-0.3, -0.25) is 0 Å². The monoisotopic (exact) mass is 155 g/mol. The molecule has 1 aromatic heterocycles. The molecule has 10 heavy (non-hydrogen) atoms. The van der Waals surface area contributed by atoms with Crippen molar-refractivity contribution in [2.75, 3.05) is 0 Å². The summed E-state index contributed by atoms with van der Waals surface area (Å²) in [6.07, 6.45) is 0. The van der Waals surface area contributed by atoms with Gasteiger partial charge in [-0.05, 0) is 19.1 Å². The van der Waals surface area contributed by atoms with Crippen molar-refractivity contribution in [3.63, 3.8) is 0 Å². The number of pyridine rings is 1. The first-order valence-electron chi connectivity index (χ1n) is 2.98. The molecule has 1 heterocycles. The van der Waals surface area contributed by atoms with Crippen LogP contribution in [0, 0.1) is 11.6 Å². The fraction of sp³-hybridized carbons (Fsp3) is 0.286. The van der Waals surface area contributed by atoms with Crippen LogP contribution in [0.5, 0.6) is 5.75 Å². The normalized spacial score (nSPS) is 9.80. The second-order valence-corrected chi connectivity index (χ2v) is 2.61. The van der Waals surface area contributed by atoms with Crippen molar-refractivity contribution in [2.45, 2.75) is 6.92 Å². The molecule has 1 aromatic rings. The van der Waals surface area contributed by atoms with Gasteiger partial charge >= 0.3 is 0 Å². The van der Waals surface area contributed by atoms with Crippen molar-refractivity contribution < 1.29 is 5.11 Å². The van der Waals surface area contributed by atoms with Crippen molar-refractivity contribution in [3.8, 4) is 5.75 Å². The van der Waals surface area contributed by atoms with E-state index in [9.17, 15) is 0 Å². The van der Waals surface area contributed by atoms with E-state index in [1.54, 1.807) is 10.6 Å². The summed E-state index contributed by atoms with van der Waals surface area (Å²) in [4.78, 5) is 0. The number of rotatable bonds is 0. The van der Waals surface area contributed by atoms with Crippen molar-refractivity contribution >= 4 is 12.2 Å². The minimum atomic E-state index is 0.170. The third kappa shape index (κ3) is 1.04. The van der Waals surface area contributed by atoms with Gasteiger partial charge in [0.2, 0.25) is 0 Å². The molecule has 0 aliphatic carbocycles. The van der Waals surface area contributed by atoms with E-state index in [1.807, 2.05) is 20.0 Å². The summed E-state index contributed by atoms with van der Waals surface area (Å²) in [5.74, 6) is 0.170. The van der Waals surface area contributed by atoms with Crippen LogP contribution in [-0.2, 0) is 7.05 Å². The van der Waals surface area contributed by atoms with Crippen molar-refractivity contribution in [2.24, 2.45) is 7.05 Å². The number of nitrogens with zero attached hydrogens (tertiary/aromatic N) is 1. The number of hydrogen-bond donors (Lipinski definition) is 1. The number of hydrogen-bond acceptors (Lipinski definition) is 2. The first kappa shape index (κ1) is 7.28. The topological polar surface area (TPSA) is 25.2 Å². The summed E-state index contributed by atoms with van der Waals surface area (Å²) in [7, 11) is 1.83. The molecule has 0 aliphatic heterocycles. The quantitative estimate of drug-likeness (QED) is 0.577. The molecule has 2 nitrogen and oxygen atoms in total. The van der Waals surface area contributed by atoms with E-state index < -0.39 is 0 Å². The molecule has 0 aromatic carbocycles. The maximum absolute atomic E-state index is 9.10. The molecule has 0 radical (unpaired) electrons. The highest BCUT2D eigenvalue weighted by molar-refractivity contribution is 7.71. The standard InChI is InChI=1S/C7H9NOS/c1-5-3-4-6(9)7(10)8(5)2/h3-4,9H,1-2H3. The first-order valence-corrected chi connectivity index (χ1v) is 3.39. The van der Waals surface area contributed by atoms with Gasteiger partial charge in [-0.2, -0.15) is 0 Å². The van der Waals surface area contributed by atoms with Crippen LogP contribution in [0.4, 0.5) is 0 Å². The van der Waals surface area contributed by atoms with E-state index in [0.717, 1.165) is 5.69 Å². The molecular formula is C7H9NOS. The van der Waals surface area contributed by atoms with E-state index in [-0.39, 0.29) is 5.75 Å². The molecule has 0 bridgehead atoms. The Kier molecular flexibility index (Phi) is 1.76. The van der Waals surface area contributed by atoms with Gasteiger partial charge in [0.1, 0.15) is 10.4 Å². The van der Waals surface area contributed by atoms with Crippen LogP contribution in [0.2, 0.25) is 0 Å². The zero-order valence-corrected chi connectivity index (χ0v) is 6.77. The molecule has 54 valence electrons. The number of aromatic nitrogens is 1. The molecule has 0 amide bonds. The highest BCUT2D eigenvalue weighted by Crippen LogP contribution is 2.11. The van der Waals surface area contributed by atoms with E-state index in [1.165, 1.54) is 0 Å². The smallest absolute Gasteiger partial charge is 0.150 e. The van der Waals surface area contributed by atoms with Gasteiger partial charge in [-0.15, -0.1) is 0 Å². The van der Waals surface area contributed by atoms with Crippen molar-refractivity contribution in [1.29, 1.82) is 0 Å². The Labute approximate surface area is 64.7 Å². The molecule has 0 saturated carbocycles. The van der Waals surface area contributed by atoms with Crippen molar-refractivity contribution in [1.82, 2.24) is 4.57 Å². The van der Waals surface area contributed by atoms with Crippen molar-refractivity contribution in [3.05, 3.63) is 22.5 Å². The summed E-state index contributed by atoms with van der Waals surface area (Å²) < 4.78 is 2.25. The van der Waals surface area contributed by atoms with Crippen LogP contribution in [0.3, 0.4) is 0 Å². The number of aryl methyl sites for hydroxylation is 1. The predicted octanol–water partition coefficient (Wildman–Crippen LogP) is 1.77. The zero-order chi connectivity index (χ0) is 7.72. The average Bonchev–Trinajstić information content (AvgIpc) is 1.93. The van der Waals surface area contributed by atoms with Crippen LogP contribution in [0.1, 0.15) is 5.69 Å². The second-order valence-electron chi connectivity index (χ2n) is 2.22. The Bertz CT molecular complexity index is 303. The highest BCUT2D eigenvalue weighted by Gasteiger charge is 1.94. The molecule has 0 unspecified atom stereocenters. The maximum atomic E-state index is 9.10. The van der Waals surface area contributed by atoms with E-state index in [4.69, 9.17) is 17.3 Å². The maximum Gasteiger partial charge on any atom is 0.150 e. The highest BCUT2D eigenvalue weighted by atomic mass is 32.1. The van der Waals surface area contributed by atoms with Gasteiger partial charge in [-0.1, -0.05) is 12.2 Å². The first-order chi connectivity index (χ1) is 4.63. The largest absolute Gasteiger partial charge is 0.505 e. The van der Waals surface area contributed by atoms with Crippen LogP contribution >= 0.6 is 12.2 Å². The molecule has 0 atom stereocenters. The minimum Gasteiger partial charge on any atom is -0.505 e. The molecule has 1 rings (SSSR count). The van der Waals surface area contributed by atoms with Gasteiger partial charge in [-0.25, -0.2) is 0 Å². The minimum absolute atomic E-state index is 0.170. The fourth-order valence-electron chi connectivity index (χ4n) is 0.715. The van der Waals surface area contributed by atoms with Crippen LogP contribution in [0.15, 0.2) is 12.1 Å². The predicted molar refractivity (Wildman–Crippen MR) is 42.6 cm³/mol. The van der Waals surface area contributed by atoms with Gasteiger partial charge in [0.15, 0.2) is 0 Å². The molecule has 0 aliphatic rings. The zero-order valence-electron chi connectivity index (χ0n) is 5.96. The van der Waals surface area contributed by atoms with Gasteiger partial charge in [0.25, 0.3) is 0 Å². The lowest BCUT2D eigenvalue weighted by Crippen LogP contribution is -1.96. The third-order valence-corrected chi connectivity index (χ3v) is 2.02.